The van der Waals surface area contributed by atoms with E-state index in [1.807, 2.05) is 43.3 Å². The first-order valence-electron chi connectivity index (χ1n) is 7.46. The van der Waals surface area contributed by atoms with Gasteiger partial charge >= 0.3 is 0 Å². The highest BCUT2D eigenvalue weighted by atomic mass is 79.9. The van der Waals surface area contributed by atoms with Crippen LogP contribution in [0.2, 0.25) is 0 Å². The third kappa shape index (κ3) is 3.96. The number of benzene rings is 1. The molecule has 0 spiro atoms. The van der Waals surface area contributed by atoms with Crippen molar-refractivity contribution in [3.05, 3.63) is 58.5 Å². The van der Waals surface area contributed by atoms with Crippen molar-refractivity contribution in [2.24, 2.45) is 0 Å². The van der Waals surface area contributed by atoms with Gasteiger partial charge in [-0.25, -0.2) is 9.97 Å². The van der Waals surface area contributed by atoms with E-state index in [1.165, 1.54) is 0 Å². The van der Waals surface area contributed by atoms with Crippen molar-refractivity contribution in [3.8, 4) is 0 Å². The number of amides is 1. The largest absolute Gasteiger partial charge is 0.350 e. The summed E-state index contributed by atoms with van der Waals surface area (Å²) >= 11 is 3.38. The Bertz CT molecular complexity index is 816. The number of halogens is 1. The molecule has 3 aromatic rings. The molecule has 0 fully saturated rings. The molecular weight excluding hydrogens is 356 g/mol. The Morgan fingerprint density at radius 1 is 1.35 bits per heavy atom. The number of nitrogens with one attached hydrogen (secondary N) is 2. The number of aryl methyl sites for hydroxylation is 1. The molecule has 6 heteroatoms. The molecule has 0 saturated heterocycles. The number of rotatable bonds is 5. The van der Waals surface area contributed by atoms with Gasteiger partial charge in [0.15, 0.2) is 5.65 Å². The second-order valence-corrected chi connectivity index (χ2v) is 6.32. The molecule has 2 N–H and O–H groups in total. The fourth-order valence-corrected chi connectivity index (χ4v) is 2.74. The topological polar surface area (TPSA) is 70.7 Å². The highest BCUT2D eigenvalue weighted by molar-refractivity contribution is 9.10. The molecule has 1 aromatic carbocycles. The van der Waals surface area contributed by atoms with Crippen LogP contribution in [0.5, 0.6) is 0 Å². The normalized spacial score (nSPS) is 12.3. The second-order valence-electron chi connectivity index (χ2n) is 5.41. The van der Waals surface area contributed by atoms with Crippen LogP contribution in [0.4, 0.5) is 0 Å². The zero-order valence-electron chi connectivity index (χ0n) is 12.7. The maximum absolute atomic E-state index is 12.1. The standard InChI is InChI=1S/C17H17BrN4O/c1-11(12-5-3-2-4-6-12)20-16(23)8-7-15-21-14-9-13(18)10-19-17(14)22-15/h2-6,9-11H,7-8H2,1H3,(H,20,23)(H,19,21,22)/t11-/m1/s1. The maximum atomic E-state index is 12.1. The van der Waals surface area contributed by atoms with E-state index in [4.69, 9.17) is 0 Å². The lowest BCUT2D eigenvalue weighted by molar-refractivity contribution is -0.121. The van der Waals surface area contributed by atoms with E-state index in [2.05, 4.69) is 36.2 Å². The van der Waals surface area contributed by atoms with Gasteiger partial charge in [0.2, 0.25) is 5.91 Å². The number of carbonyl (C=O) groups excluding carboxylic acids is 1. The molecule has 23 heavy (non-hydrogen) atoms. The summed E-state index contributed by atoms with van der Waals surface area (Å²) in [6.45, 7) is 1.98. The Hall–Kier alpha value is -2.21. The number of fused-ring (bicyclic) bond motifs is 1. The minimum absolute atomic E-state index is 0.00278. The van der Waals surface area contributed by atoms with Gasteiger partial charge in [-0.05, 0) is 34.5 Å². The number of imidazole rings is 1. The maximum Gasteiger partial charge on any atom is 0.220 e. The summed E-state index contributed by atoms with van der Waals surface area (Å²) in [7, 11) is 0. The first-order valence-corrected chi connectivity index (χ1v) is 8.25. The van der Waals surface area contributed by atoms with Gasteiger partial charge < -0.3 is 10.3 Å². The van der Waals surface area contributed by atoms with Crippen molar-refractivity contribution in [1.29, 1.82) is 0 Å². The summed E-state index contributed by atoms with van der Waals surface area (Å²) in [6.07, 6.45) is 2.65. The Morgan fingerprint density at radius 2 is 2.13 bits per heavy atom. The van der Waals surface area contributed by atoms with Crippen LogP contribution in [0.3, 0.4) is 0 Å². The number of carbonyl (C=O) groups is 1. The third-order valence-electron chi connectivity index (χ3n) is 3.62. The van der Waals surface area contributed by atoms with Crippen molar-refractivity contribution >= 4 is 33.0 Å². The van der Waals surface area contributed by atoms with Crippen LogP contribution in [0, 0.1) is 0 Å². The monoisotopic (exact) mass is 372 g/mol. The van der Waals surface area contributed by atoms with Crippen LogP contribution in [0.25, 0.3) is 11.2 Å². The van der Waals surface area contributed by atoms with Crippen molar-refractivity contribution < 1.29 is 4.79 Å². The van der Waals surface area contributed by atoms with Crippen LogP contribution >= 0.6 is 15.9 Å². The summed E-state index contributed by atoms with van der Waals surface area (Å²) in [6, 6.07) is 11.8. The van der Waals surface area contributed by atoms with Gasteiger partial charge in [-0.3, -0.25) is 4.79 Å². The molecule has 2 heterocycles. The molecule has 0 unspecified atom stereocenters. The van der Waals surface area contributed by atoms with Gasteiger partial charge in [0.05, 0.1) is 11.6 Å². The molecular formula is C17H17BrN4O. The van der Waals surface area contributed by atoms with Gasteiger partial charge in [0, 0.05) is 23.5 Å². The van der Waals surface area contributed by atoms with Gasteiger partial charge in [-0.1, -0.05) is 30.3 Å². The SMILES string of the molecule is C[C@@H](NC(=O)CCc1nc2ncc(Br)cc2[nH]1)c1ccccc1. The minimum Gasteiger partial charge on any atom is -0.350 e. The summed E-state index contributed by atoms with van der Waals surface area (Å²) in [4.78, 5) is 23.9. The van der Waals surface area contributed by atoms with Crippen LogP contribution < -0.4 is 5.32 Å². The molecule has 3 rings (SSSR count). The average Bonchev–Trinajstić information content (AvgIpc) is 2.95. The fraction of sp³-hybridized carbons (Fsp3) is 0.235. The molecule has 0 saturated carbocycles. The van der Waals surface area contributed by atoms with Gasteiger partial charge in [0.25, 0.3) is 0 Å². The lowest BCUT2D eigenvalue weighted by Gasteiger charge is -2.13. The minimum atomic E-state index is -0.00278. The highest BCUT2D eigenvalue weighted by Gasteiger charge is 2.11. The molecule has 1 atom stereocenters. The highest BCUT2D eigenvalue weighted by Crippen LogP contribution is 2.16. The summed E-state index contributed by atoms with van der Waals surface area (Å²) in [5, 5.41) is 3.01. The Kier molecular flexibility index (Phi) is 4.71. The van der Waals surface area contributed by atoms with E-state index < -0.39 is 0 Å². The lowest BCUT2D eigenvalue weighted by atomic mass is 10.1. The molecule has 0 bridgehead atoms. The average molecular weight is 373 g/mol. The Balaban J connectivity index is 1.57. The number of nitrogens with zero attached hydrogens (tertiary/aromatic N) is 2. The van der Waals surface area contributed by atoms with Crippen molar-refractivity contribution in [2.45, 2.75) is 25.8 Å². The molecule has 118 valence electrons. The Morgan fingerprint density at radius 3 is 2.91 bits per heavy atom. The molecule has 0 radical (unpaired) electrons. The third-order valence-corrected chi connectivity index (χ3v) is 4.05. The van der Waals surface area contributed by atoms with Gasteiger partial charge in [-0.2, -0.15) is 0 Å². The summed E-state index contributed by atoms with van der Waals surface area (Å²) < 4.78 is 0.898. The first kappa shape index (κ1) is 15.7. The number of aromatic amines is 1. The lowest BCUT2D eigenvalue weighted by Crippen LogP contribution is -2.26. The summed E-state index contributed by atoms with van der Waals surface area (Å²) in [5.41, 5.74) is 2.63. The predicted octanol–water partition coefficient (Wildman–Crippen LogP) is 3.53. The smallest absolute Gasteiger partial charge is 0.220 e. The van der Waals surface area contributed by atoms with E-state index in [0.717, 1.165) is 21.4 Å². The number of pyridine rings is 1. The molecule has 0 aliphatic rings. The van der Waals surface area contributed by atoms with Gasteiger partial charge in [-0.15, -0.1) is 0 Å². The van der Waals surface area contributed by atoms with E-state index in [-0.39, 0.29) is 11.9 Å². The van der Waals surface area contributed by atoms with Gasteiger partial charge in [0.1, 0.15) is 5.82 Å². The first-order chi connectivity index (χ1) is 11.1. The van der Waals surface area contributed by atoms with Crippen molar-refractivity contribution in [2.75, 3.05) is 0 Å². The zero-order valence-corrected chi connectivity index (χ0v) is 14.3. The van der Waals surface area contributed by atoms with E-state index in [0.29, 0.717) is 18.5 Å². The van der Waals surface area contributed by atoms with Crippen molar-refractivity contribution in [3.63, 3.8) is 0 Å². The van der Waals surface area contributed by atoms with Crippen LogP contribution in [0.15, 0.2) is 47.1 Å². The zero-order chi connectivity index (χ0) is 16.2. The number of hydrogen-bond donors (Lipinski definition) is 2. The number of aromatic nitrogens is 3. The van der Waals surface area contributed by atoms with Crippen molar-refractivity contribution in [1.82, 2.24) is 20.3 Å². The van der Waals surface area contributed by atoms with E-state index in [1.54, 1.807) is 6.20 Å². The quantitative estimate of drug-likeness (QED) is 0.719. The van der Waals surface area contributed by atoms with Crippen LogP contribution in [0.1, 0.15) is 30.8 Å². The fourth-order valence-electron chi connectivity index (χ4n) is 2.41. The van der Waals surface area contributed by atoms with E-state index in [9.17, 15) is 4.79 Å². The van der Waals surface area contributed by atoms with Crippen LogP contribution in [-0.4, -0.2) is 20.9 Å². The molecule has 2 aromatic heterocycles. The van der Waals surface area contributed by atoms with Crippen LogP contribution in [-0.2, 0) is 11.2 Å². The Labute approximate surface area is 142 Å². The molecule has 0 aliphatic heterocycles. The summed E-state index contributed by atoms with van der Waals surface area (Å²) in [5.74, 6) is 0.782. The molecule has 5 nitrogen and oxygen atoms in total. The number of H-pyrrole nitrogens is 1. The van der Waals surface area contributed by atoms with E-state index >= 15 is 0 Å². The molecule has 1 amide bonds. The predicted molar refractivity (Wildman–Crippen MR) is 92.9 cm³/mol. The number of hydrogen-bond acceptors (Lipinski definition) is 3. The molecule has 0 aliphatic carbocycles. The second kappa shape index (κ2) is 6.91.